The van der Waals surface area contributed by atoms with Gasteiger partial charge in [0.25, 0.3) is 0 Å². The molecule has 1 aliphatic heterocycles. The number of hydrogen-bond donors (Lipinski definition) is 1. The molecule has 3 nitrogen and oxygen atoms in total. The first-order chi connectivity index (χ1) is 6.77. The second-order valence-corrected chi connectivity index (χ2v) is 3.75. The van der Waals surface area contributed by atoms with E-state index in [0.29, 0.717) is 12.1 Å². The summed E-state index contributed by atoms with van der Waals surface area (Å²) in [5.41, 5.74) is 2.17. The Morgan fingerprint density at radius 3 is 3.07 bits per heavy atom. The highest BCUT2D eigenvalue weighted by molar-refractivity contribution is 5.47. The van der Waals surface area contributed by atoms with E-state index in [1.54, 1.807) is 0 Å². The van der Waals surface area contributed by atoms with Crippen molar-refractivity contribution in [2.24, 2.45) is 0 Å². The summed E-state index contributed by atoms with van der Waals surface area (Å²) in [6.07, 6.45) is 3.19. The van der Waals surface area contributed by atoms with Gasteiger partial charge in [0.15, 0.2) is 0 Å². The van der Waals surface area contributed by atoms with Crippen molar-refractivity contribution in [3.63, 3.8) is 0 Å². The minimum Gasteiger partial charge on any atom is -0.378 e. The maximum Gasteiger partial charge on any atom is 0.0748 e. The van der Waals surface area contributed by atoms with Gasteiger partial charge in [-0.3, -0.25) is 4.98 Å². The van der Waals surface area contributed by atoms with E-state index in [1.165, 1.54) is 0 Å². The van der Waals surface area contributed by atoms with Crippen molar-refractivity contribution in [1.82, 2.24) is 4.98 Å². The van der Waals surface area contributed by atoms with Gasteiger partial charge in [-0.15, -0.1) is 0 Å². The van der Waals surface area contributed by atoms with Gasteiger partial charge in [0, 0.05) is 12.8 Å². The zero-order valence-electron chi connectivity index (χ0n) is 8.66. The Morgan fingerprint density at radius 2 is 2.43 bits per heavy atom. The summed E-state index contributed by atoms with van der Waals surface area (Å²) in [5.74, 6) is 0. The predicted octanol–water partition coefficient (Wildman–Crippen LogP) is 1.98. The number of nitrogens with one attached hydrogen (secondary N) is 1. The van der Waals surface area contributed by atoms with Gasteiger partial charge in [-0.05, 0) is 32.4 Å². The van der Waals surface area contributed by atoms with E-state index < -0.39 is 0 Å². The van der Waals surface area contributed by atoms with Crippen LogP contribution in [0.3, 0.4) is 0 Å². The summed E-state index contributed by atoms with van der Waals surface area (Å²) in [4.78, 5) is 4.24. The van der Waals surface area contributed by atoms with Gasteiger partial charge in [0.2, 0.25) is 0 Å². The first-order valence-corrected chi connectivity index (χ1v) is 5.07. The van der Waals surface area contributed by atoms with E-state index in [4.69, 9.17) is 4.74 Å². The van der Waals surface area contributed by atoms with Crippen LogP contribution >= 0.6 is 0 Å². The normalized spacial score (nSPS) is 26.4. The van der Waals surface area contributed by atoms with Gasteiger partial charge in [-0.25, -0.2) is 0 Å². The molecular weight excluding hydrogens is 176 g/mol. The second kappa shape index (κ2) is 3.96. The Kier molecular flexibility index (Phi) is 2.68. The fourth-order valence-electron chi connectivity index (χ4n) is 1.76. The molecule has 3 heteroatoms. The summed E-state index contributed by atoms with van der Waals surface area (Å²) in [6.45, 7) is 4.98. The summed E-state index contributed by atoms with van der Waals surface area (Å²) < 4.78 is 5.49. The Balaban J connectivity index is 2.07. The fraction of sp³-hybridized carbons (Fsp3) is 0.545. The van der Waals surface area contributed by atoms with E-state index in [2.05, 4.69) is 23.3 Å². The average molecular weight is 192 g/mol. The second-order valence-electron chi connectivity index (χ2n) is 3.75. The van der Waals surface area contributed by atoms with Crippen molar-refractivity contribution >= 4 is 5.69 Å². The smallest absolute Gasteiger partial charge is 0.0748 e. The maximum absolute atomic E-state index is 5.49. The van der Waals surface area contributed by atoms with Crippen LogP contribution in [0.5, 0.6) is 0 Å². The summed E-state index contributed by atoms with van der Waals surface area (Å²) in [6, 6.07) is 4.45. The molecular formula is C11H16N2O. The van der Waals surface area contributed by atoms with Crippen LogP contribution in [-0.2, 0) is 4.74 Å². The summed E-state index contributed by atoms with van der Waals surface area (Å²) in [5, 5.41) is 3.47. The molecule has 0 spiro atoms. The number of aromatic nitrogens is 1. The number of pyridine rings is 1. The molecule has 1 aromatic rings. The third-order valence-corrected chi connectivity index (χ3v) is 2.72. The van der Waals surface area contributed by atoms with Crippen LogP contribution in [0.1, 0.15) is 19.0 Å². The highest BCUT2D eigenvalue weighted by atomic mass is 16.5. The van der Waals surface area contributed by atoms with Crippen LogP contribution in [0.4, 0.5) is 5.69 Å². The Bertz CT molecular complexity index is 314. The van der Waals surface area contributed by atoms with Crippen LogP contribution < -0.4 is 5.32 Å². The molecule has 0 bridgehead atoms. The van der Waals surface area contributed by atoms with E-state index in [-0.39, 0.29) is 0 Å². The average Bonchev–Trinajstić information content (AvgIpc) is 2.56. The highest BCUT2D eigenvalue weighted by Gasteiger charge is 2.24. The quantitative estimate of drug-likeness (QED) is 0.778. The van der Waals surface area contributed by atoms with Gasteiger partial charge in [-0.2, -0.15) is 0 Å². The number of rotatable bonds is 2. The topological polar surface area (TPSA) is 34.2 Å². The number of aryl methyl sites for hydroxylation is 1. The van der Waals surface area contributed by atoms with Crippen LogP contribution in [-0.4, -0.2) is 23.7 Å². The molecule has 14 heavy (non-hydrogen) atoms. The molecule has 0 radical (unpaired) electrons. The van der Waals surface area contributed by atoms with Gasteiger partial charge in [-0.1, -0.05) is 0 Å². The van der Waals surface area contributed by atoms with Gasteiger partial charge in [0.1, 0.15) is 0 Å². The maximum atomic E-state index is 5.49. The lowest BCUT2D eigenvalue weighted by Gasteiger charge is -2.18. The molecule has 1 aliphatic rings. The van der Waals surface area contributed by atoms with Crippen LogP contribution in [0.15, 0.2) is 18.3 Å². The Labute approximate surface area is 84.5 Å². The molecule has 0 amide bonds. The minimum atomic E-state index is 0.301. The Morgan fingerprint density at radius 1 is 1.57 bits per heavy atom. The zero-order valence-corrected chi connectivity index (χ0v) is 8.66. The molecule has 0 unspecified atom stereocenters. The lowest BCUT2D eigenvalue weighted by atomic mass is 10.1. The molecule has 2 atom stereocenters. The number of hydrogen-bond acceptors (Lipinski definition) is 3. The van der Waals surface area contributed by atoms with E-state index >= 15 is 0 Å². The van der Waals surface area contributed by atoms with Crippen LogP contribution in [0.2, 0.25) is 0 Å². The molecule has 1 N–H and O–H groups in total. The zero-order chi connectivity index (χ0) is 9.97. The van der Waals surface area contributed by atoms with Gasteiger partial charge in [0.05, 0.1) is 23.5 Å². The molecule has 0 saturated carbocycles. The first-order valence-electron chi connectivity index (χ1n) is 5.07. The highest BCUT2D eigenvalue weighted by Crippen LogP contribution is 2.19. The fourth-order valence-corrected chi connectivity index (χ4v) is 1.76. The summed E-state index contributed by atoms with van der Waals surface area (Å²) >= 11 is 0. The molecule has 1 aromatic heterocycles. The standard InChI is InChI=1S/C11H16N2O/c1-8-10(4-3-6-12-8)13-11-5-7-14-9(11)2/h3-4,6,9,11,13H,5,7H2,1-2H3/t9-,11-/m1/s1. The van der Waals surface area contributed by atoms with E-state index in [9.17, 15) is 0 Å². The molecule has 1 saturated heterocycles. The van der Waals surface area contributed by atoms with Crippen molar-refractivity contribution in [2.45, 2.75) is 32.4 Å². The number of anilines is 1. The lowest BCUT2D eigenvalue weighted by molar-refractivity contribution is 0.121. The SMILES string of the molecule is Cc1ncccc1N[C@@H]1CCO[C@@H]1C. The van der Waals surface area contributed by atoms with Crippen molar-refractivity contribution in [3.05, 3.63) is 24.0 Å². The molecule has 1 fully saturated rings. The van der Waals surface area contributed by atoms with Gasteiger partial charge >= 0.3 is 0 Å². The van der Waals surface area contributed by atoms with Crippen molar-refractivity contribution in [1.29, 1.82) is 0 Å². The largest absolute Gasteiger partial charge is 0.378 e. The molecule has 2 heterocycles. The summed E-state index contributed by atoms with van der Waals surface area (Å²) in [7, 11) is 0. The lowest BCUT2D eigenvalue weighted by Crippen LogP contribution is -2.27. The predicted molar refractivity (Wildman–Crippen MR) is 56.4 cm³/mol. The molecule has 76 valence electrons. The third kappa shape index (κ3) is 1.87. The van der Waals surface area contributed by atoms with Crippen molar-refractivity contribution in [2.75, 3.05) is 11.9 Å². The molecule has 0 aliphatic carbocycles. The Hall–Kier alpha value is -1.09. The first kappa shape index (κ1) is 9.46. The number of ether oxygens (including phenoxy) is 1. The van der Waals surface area contributed by atoms with Crippen LogP contribution in [0, 0.1) is 6.92 Å². The third-order valence-electron chi connectivity index (χ3n) is 2.72. The van der Waals surface area contributed by atoms with Gasteiger partial charge < -0.3 is 10.1 Å². The minimum absolute atomic E-state index is 0.301. The molecule has 2 rings (SSSR count). The number of nitrogens with zero attached hydrogens (tertiary/aromatic N) is 1. The van der Waals surface area contributed by atoms with E-state index in [0.717, 1.165) is 24.4 Å². The van der Waals surface area contributed by atoms with Crippen LogP contribution in [0.25, 0.3) is 0 Å². The van der Waals surface area contributed by atoms with Crippen molar-refractivity contribution < 1.29 is 4.74 Å². The van der Waals surface area contributed by atoms with E-state index in [1.807, 2.05) is 19.2 Å². The monoisotopic (exact) mass is 192 g/mol. The van der Waals surface area contributed by atoms with Crippen molar-refractivity contribution in [3.8, 4) is 0 Å². The molecule has 0 aromatic carbocycles.